The Kier molecular flexibility index (Phi) is 5.92. The fraction of sp³-hybridized carbons (Fsp3) is 0.500. The summed E-state index contributed by atoms with van der Waals surface area (Å²) in [6, 6.07) is 9.67. The van der Waals surface area contributed by atoms with E-state index in [-0.39, 0.29) is 18.2 Å². The van der Waals surface area contributed by atoms with Gasteiger partial charge in [0.25, 0.3) is 0 Å². The average Bonchev–Trinajstić information content (AvgIpc) is 2.69. The Morgan fingerprint density at radius 2 is 1.88 bits per heavy atom. The molecular weight excluding hydrogens is 350 g/mol. The molecule has 2 N–H and O–H groups in total. The van der Waals surface area contributed by atoms with Gasteiger partial charge in [-0.25, -0.2) is 0 Å². The van der Waals surface area contributed by atoms with E-state index >= 15 is 0 Å². The molecular formula is C18H25N5O2S. The molecule has 0 spiro atoms. The van der Waals surface area contributed by atoms with Crippen LogP contribution in [0.1, 0.15) is 6.42 Å². The van der Waals surface area contributed by atoms with Crippen molar-refractivity contribution in [2.75, 3.05) is 51.2 Å². The molecule has 1 atom stereocenters. The van der Waals surface area contributed by atoms with Crippen LogP contribution in [0.3, 0.4) is 0 Å². The van der Waals surface area contributed by atoms with Gasteiger partial charge >= 0.3 is 0 Å². The Morgan fingerprint density at radius 1 is 1.19 bits per heavy atom. The molecule has 7 nitrogen and oxygen atoms in total. The van der Waals surface area contributed by atoms with Crippen LogP contribution in [-0.2, 0) is 9.59 Å². The summed E-state index contributed by atoms with van der Waals surface area (Å²) in [6.07, 6.45) is 0.152. The van der Waals surface area contributed by atoms with Gasteiger partial charge in [0.1, 0.15) is 6.04 Å². The molecule has 26 heavy (non-hydrogen) atoms. The summed E-state index contributed by atoms with van der Waals surface area (Å²) in [7, 11) is 1.73. The van der Waals surface area contributed by atoms with E-state index in [1.165, 1.54) is 5.69 Å². The van der Waals surface area contributed by atoms with Gasteiger partial charge in [-0.2, -0.15) is 0 Å². The highest BCUT2D eigenvalue weighted by atomic mass is 32.1. The van der Waals surface area contributed by atoms with Crippen molar-refractivity contribution in [1.29, 1.82) is 0 Å². The minimum atomic E-state index is -0.539. The summed E-state index contributed by atoms with van der Waals surface area (Å²) < 4.78 is 0. The van der Waals surface area contributed by atoms with Crippen molar-refractivity contribution in [3.8, 4) is 0 Å². The van der Waals surface area contributed by atoms with Gasteiger partial charge in [0.2, 0.25) is 11.8 Å². The second-order valence-corrected chi connectivity index (χ2v) is 6.85. The molecule has 2 fully saturated rings. The summed E-state index contributed by atoms with van der Waals surface area (Å²) in [6.45, 7) is 4.08. The monoisotopic (exact) mass is 375 g/mol. The van der Waals surface area contributed by atoms with Gasteiger partial charge in [-0.3, -0.25) is 9.59 Å². The third kappa shape index (κ3) is 4.07. The maximum atomic E-state index is 12.7. The predicted octanol–water partition coefficient (Wildman–Crippen LogP) is 0.0300. The van der Waals surface area contributed by atoms with Crippen molar-refractivity contribution in [3.63, 3.8) is 0 Å². The first-order valence-electron chi connectivity index (χ1n) is 8.94. The normalized spacial score (nSPS) is 20.6. The smallest absolute Gasteiger partial charge is 0.243 e. The largest absolute Gasteiger partial charge is 0.368 e. The lowest BCUT2D eigenvalue weighted by Crippen LogP contribution is -2.60. The van der Waals surface area contributed by atoms with Crippen LogP contribution in [-0.4, -0.2) is 79.1 Å². The zero-order valence-corrected chi connectivity index (χ0v) is 15.8. The quantitative estimate of drug-likeness (QED) is 0.727. The molecule has 2 aliphatic rings. The minimum absolute atomic E-state index is 0.00339. The Hall–Kier alpha value is -2.35. The lowest BCUT2D eigenvalue weighted by molar-refractivity contribution is -0.137. The molecule has 2 heterocycles. The van der Waals surface area contributed by atoms with Crippen molar-refractivity contribution < 1.29 is 9.59 Å². The summed E-state index contributed by atoms with van der Waals surface area (Å²) in [5.74, 6) is -0.131. The molecule has 0 aromatic heterocycles. The number of anilines is 1. The van der Waals surface area contributed by atoms with E-state index in [9.17, 15) is 9.59 Å². The van der Waals surface area contributed by atoms with Crippen LogP contribution in [0, 0.1) is 0 Å². The number of nitrogens with zero attached hydrogens (tertiary/aromatic N) is 3. The number of thiocarbonyl (C=S) groups is 1. The molecule has 8 heteroatoms. The van der Waals surface area contributed by atoms with Crippen LogP contribution in [0.15, 0.2) is 30.3 Å². The van der Waals surface area contributed by atoms with E-state index in [0.29, 0.717) is 31.3 Å². The lowest BCUT2D eigenvalue weighted by atomic mass is 10.1. The van der Waals surface area contributed by atoms with E-state index in [1.807, 2.05) is 28.0 Å². The van der Waals surface area contributed by atoms with Gasteiger partial charge in [0.15, 0.2) is 5.11 Å². The molecule has 3 rings (SSSR count). The van der Waals surface area contributed by atoms with E-state index < -0.39 is 6.04 Å². The molecule has 2 aliphatic heterocycles. The van der Waals surface area contributed by atoms with Crippen LogP contribution in [0.4, 0.5) is 5.69 Å². The van der Waals surface area contributed by atoms with E-state index in [2.05, 4.69) is 27.7 Å². The molecule has 140 valence electrons. The van der Waals surface area contributed by atoms with Crippen molar-refractivity contribution in [1.82, 2.24) is 20.4 Å². The molecule has 1 aromatic rings. The van der Waals surface area contributed by atoms with E-state index in [4.69, 9.17) is 12.2 Å². The highest BCUT2D eigenvalue weighted by Gasteiger charge is 2.34. The second-order valence-electron chi connectivity index (χ2n) is 6.46. The van der Waals surface area contributed by atoms with Crippen molar-refractivity contribution in [2.24, 2.45) is 0 Å². The average molecular weight is 375 g/mol. The molecule has 0 unspecified atom stereocenters. The summed E-state index contributed by atoms with van der Waals surface area (Å²) in [5, 5.41) is 6.24. The highest BCUT2D eigenvalue weighted by Crippen LogP contribution is 2.17. The number of rotatable bonds is 3. The zero-order chi connectivity index (χ0) is 18.5. The first-order valence-corrected chi connectivity index (χ1v) is 9.35. The first kappa shape index (κ1) is 18.4. The van der Waals surface area contributed by atoms with Crippen molar-refractivity contribution >= 4 is 34.8 Å². The Bertz CT molecular complexity index is 661. The third-order valence-electron chi connectivity index (χ3n) is 4.93. The van der Waals surface area contributed by atoms with Crippen molar-refractivity contribution in [3.05, 3.63) is 30.3 Å². The number of hydrogen-bond acceptors (Lipinski definition) is 4. The summed E-state index contributed by atoms with van der Waals surface area (Å²) >= 11 is 5.29. The van der Waals surface area contributed by atoms with Gasteiger partial charge < -0.3 is 25.3 Å². The number of hydrogen-bond donors (Lipinski definition) is 2. The zero-order valence-electron chi connectivity index (χ0n) is 15.0. The standard InChI is InChI=1S/C18H25N5O2S/c1-19-18(26)23-8-7-20-17(25)15(23)13-16(24)22-11-9-21(10-12-22)14-5-3-2-4-6-14/h2-6,15H,7-13H2,1H3,(H,19,26)(H,20,25)/t15-/m1/s1. The number of nitrogens with one attached hydrogen (secondary N) is 2. The Labute approximate surface area is 159 Å². The van der Waals surface area contributed by atoms with Crippen LogP contribution >= 0.6 is 12.2 Å². The molecule has 0 bridgehead atoms. The van der Waals surface area contributed by atoms with Crippen LogP contribution in [0.25, 0.3) is 0 Å². The summed E-state index contributed by atoms with van der Waals surface area (Å²) in [5.41, 5.74) is 1.18. The van der Waals surface area contributed by atoms with Crippen LogP contribution in [0.2, 0.25) is 0 Å². The predicted molar refractivity (Wildman–Crippen MR) is 105 cm³/mol. The van der Waals surface area contributed by atoms with Gasteiger partial charge in [-0.1, -0.05) is 18.2 Å². The Balaban J connectivity index is 1.58. The topological polar surface area (TPSA) is 67.9 Å². The number of carbonyl (C=O) groups excluding carboxylic acids is 2. The van der Waals surface area contributed by atoms with Gasteiger partial charge in [-0.05, 0) is 24.4 Å². The second kappa shape index (κ2) is 8.35. The molecule has 2 amide bonds. The SMILES string of the molecule is CNC(=S)N1CCNC(=O)[C@H]1CC(=O)N1CCN(c2ccccc2)CC1. The van der Waals surface area contributed by atoms with Crippen LogP contribution < -0.4 is 15.5 Å². The minimum Gasteiger partial charge on any atom is -0.368 e. The molecule has 0 aliphatic carbocycles. The molecule has 2 saturated heterocycles. The van der Waals surface area contributed by atoms with Crippen LogP contribution in [0.5, 0.6) is 0 Å². The summed E-state index contributed by atoms with van der Waals surface area (Å²) in [4.78, 5) is 30.9. The lowest BCUT2D eigenvalue weighted by Gasteiger charge is -2.39. The van der Waals surface area contributed by atoms with E-state index in [0.717, 1.165) is 13.1 Å². The number of benzene rings is 1. The maximum absolute atomic E-state index is 12.7. The first-order chi connectivity index (χ1) is 12.6. The molecule has 0 saturated carbocycles. The number of carbonyl (C=O) groups is 2. The third-order valence-corrected chi connectivity index (χ3v) is 5.37. The number of amides is 2. The fourth-order valence-electron chi connectivity index (χ4n) is 3.45. The molecule has 1 aromatic carbocycles. The molecule has 0 radical (unpaired) electrons. The number of piperazine rings is 2. The van der Waals surface area contributed by atoms with Crippen molar-refractivity contribution in [2.45, 2.75) is 12.5 Å². The highest BCUT2D eigenvalue weighted by molar-refractivity contribution is 7.80. The fourth-order valence-corrected chi connectivity index (χ4v) is 3.67. The van der Waals surface area contributed by atoms with Gasteiger partial charge in [0.05, 0.1) is 6.42 Å². The van der Waals surface area contributed by atoms with Gasteiger partial charge in [-0.15, -0.1) is 0 Å². The van der Waals surface area contributed by atoms with Gasteiger partial charge in [0, 0.05) is 52.0 Å². The Morgan fingerprint density at radius 3 is 2.54 bits per heavy atom. The van der Waals surface area contributed by atoms with E-state index in [1.54, 1.807) is 7.05 Å². The maximum Gasteiger partial charge on any atom is 0.243 e. The number of para-hydroxylation sites is 1.